The molecule has 0 aliphatic carbocycles. The van der Waals surface area contributed by atoms with E-state index in [2.05, 4.69) is 9.15 Å². The van der Waals surface area contributed by atoms with E-state index in [1.54, 1.807) is 0 Å². The van der Waals surface area contributed by atoms with Crippen LogP contribution in [0, 0.1) is 0 Å². The van der Waals surface area contributed by atoms with E-state index in [-0.39, 0.29) is 5.95 Å². The Bertz CT molecular complexity index is 336. The van der Waals surface area contributed by atoms with Gasteiger partial charge in [0.2, 0.25) is 5.09 Å². The van der Waals surface area contributed by atoms with Crippen molar-refractivity contribution in [2.45, 2.75) is 5.09 Å². The van der Waals surface area contributed by atoms with Crippen molar-refractivity contribution in [1.82, 2.24) is 0 Å². The quantitative estimate of drug-likeness (QED) is 0.668. The molecule has 0 radical (unpaired) electrons. The highest BCUT2D eigenvalue weighted by Gasteiger charge is 2.14. The number of furan rings is 1. The molecular weight excluding hydrogens is 172 g/mol. The van der Waals surface area contributed by atoms with Crippen LogP contribution in [0.3, 0.4) is 0 Å². The second kappa shape index (κ2) is 2.55. The summed E-state index contributed by atoms with van der Waals surface area (Å²) in [6.07, 6.45) is 0. The van der Waals surface area contributed by atoms with E-state index in [0.717, 1.165) is 6.07 Å². The molecule has 1 heterocycles. The third kappa shape index (κ3) is 1.72. The van der Waals surface area contributed by atoms with Crippen LogP contribution < -0.4 is 4.74 Å². The van der Waals surface area contributed by atoms with Crippen molar-refractivity contribution in [3.05, 3.63) is 12.1 Å². The second-order valence-corrected chi connectivity index (χ2v) is 3.11. The minimum absolute atomic E-state index is 0.0395. The molecule has 0 bridgehead atoms. The molecule has 11 heavy (non-hydrogen) atoms. The van der Waals surface area contributed by atoms with E-state index in [1.165, 1.54) is 13.2 Å². The van der Waals surface area contributed by atoms with E-state index in [4.69, 9.17) is 4.55 Å². The van der Waals surface area contributed by atoms with Crippen LogP contribution in [0.25, 0.3) is 0 Å². The molecule has 1 rings (SSSR count). The van der Waals surface area contributed by atoms with Crippen LogP contribution in [0.5, 0.6) is 5.95 Å². The van der Waals surface area contributed by atoms with Gasteiger partial charge in [-0.3, -0.25) is 4.55 Å². The summed E-state index contributed by atoms with van der Waals surface area (Å²) in [6, 6.07) is 2.40. The van der Waals surface area contributed by atoms with Gasteiger partial charge < -0.3 is 9.15 Å². The molecule has 0 amide bonds. The average molecular weight is 178 g/mol. The van der Waals surface area contributed by atoms with Gasteiger partial charge >= 0.3 is 10.1 Å². The maximum absolute atomic E-state index is 10.4. The van der Waals surface area contributed by atoms with Crippen molar-refractivity contribution in [3.8, 4) is 5.95 Å². The normalized spacial score (nSPS) is 11.5. The first kappa shape index (κ1) is 8.09. The topological polar surface area (TPSA) is 76.7 Å². The molecule has 0 aromatic carbocycles. The zero-order valence-electron chi connectivity index (χ0n) is 5.64. The Morgan fingerprint density at radius 1 is 1.55 bits per heavy atom. The van der Waals surface area contributed by atoms with E-state index in [9.17, 15) is 8.42 Å². The van der Waals surface area contributed by atoms with Gasteiger partial charge in [0, 0.05) is 12.1 Å². The van der Waals surface area contributed by atoms with Crippen molar-refractivity contribution < 1.29 is 22.1 Å². The van der Waals surface area contributed by atoms with Gasteiger partial charge in [0.15, 0.2) is 0 Å². The van der Waals surface area contributed by atoms with Gasteiger partial charge in [-0.25, -0.2) is 0 Å². The average Bonchev–Trinajstić information content (AvgIpc) is 2.32. The largest absolute Gasteiger partial charge is 0.468 e. The molecule has 0 aliphatic heterocycles. The van der Waals surface area contributed by atoms with Crippen molar-refractivity contribution >= 4 is 10.1 Å². The molecule has 0 unspecified atom stereocenters. The Balaban J connectivity index is 3.09. The van der Waals surface area contributed by atoms with Crippen LogP contribution in [-0.4, -0.2) is 20.1 Å². The smallest absolute Gasteiger partial charge is 0.328 e. The molecule has 0 saturated heterocycles. The fraction of sp³-hybridized carbons (Fsp3) is 0.200. The lowest BCUT2D eigenvalue weighted by Gasteiger charge is -1.90. The summed E-state index contributed by atoms with van der Waals surface area (Å²) in [4.78, 5) is 0. The van der Waals surface area contributed by atoms with Crippen LogP contribution in [0.1, 0.15) is 0 Å². The Hall–Kier alpha value is -1.01. The Labute approximate surface area is 63.3 Å². The molecule has 1 aromatic rings. The first-order valence-electron chi connectivity index (χ1n) is 2.65. The second-order valence-electron chi connectivity index (χ2n) is 1.75. The van der Waals surface area contributed by atoms with Crippen molar-refractivity contribution in [2.75, 3.05) is 7.11 Å². The molecule has 0 spiro atoms. The van der Waals surface area contributed by atoms with Gasteiger partial charge in [0.05, 0.1) is 7.11 Å². The van der Waals surface area contributed by atoms with Crippen LogP contribution in [-0.2, 0) is 10.1 Å². The lowest BCUT2D eigenvalue weighted by atomic mass is 10.6. The van der Waals surface area contributed by atoms with Crippen molar-refractivity contribution in [2.24, 2.45) is 0 Å². The fourth-order valence-corrected chi connectivity index (χ4v) is 0.979. The molecule has 0 saturated carbocycles. The Kier molecular flexibility index (Phi) is 1.88. The predicted molar refractivity (Wildman–Crippen MR) is 35.1 cm³/mol. The number of hydrogen-bond donors (Lipinski definition) is 1. The lowest BCUT2D eigenvalue weighted by Crippen LogP contribution is -1.94. The van der Waals surface area contributed by atoms with Crippen LogP contribution in [0.2, 0.25) is 0 Å². The minimum atomic E-state index is -4.24. The SMILES string of the molecule is COc1ccc(S(=O)(=O)O)o1. The van der Waals surface area contributed by atoms with Gasteiger partial charge in [-0.2, -0.15) is 8.42 Å². The summed E-state index contributed by atoms with van der Waals surface area (Å²) in [5.41, 5.74) is 0. The van der Waals surface area contributed by atoms with E-state index in [1.807, 2.05) is 0 Å². The molecule has 6 heteroatoms. The first-order valence-corrected chi connectivity index (χ1v) is 4.09. The summed E-state index contributed by atoms with van der Waals surface area (Å²) in [5.74, 6) is 0.0395. The molecule has 5 nitrogen and oxygen atoms in total. The maximum Gasteiger partial charge on any atom is 0.328 e. The van der Waals surface area contributed by atoms with Gasteiger partial charge in [-0.05, 0) is 0 Å². The van der Waals surface area contributed by atoms with E-state index in [0.29, 0.717) is 0 Å². The summed E-state index contributed by atoms with van der Waals surface area (Å²) in [6.45, 7) is 0. The minimum Gasteiger partial charge on any atom is -0.468 e. The summed E-state index contributed by atoms with van der Waals surface area (Å²) >= 11 is 0. The summed E-state index contributed by atoms with van der Waals surface area (Å²) < 4.78 is 38.2. The molecule has 0 fully saturated rings. The number of rotatable bonds is 2. The van der Waals surface area contributed by atoms with Crippen molar-refractivity contribution in [3.63, 3.8) is 0 Å². The molecule has 62 valence electrons. The number of methoxy groups -OCH3 is 1. The summed E-state index contributed by atoms with van der Waals surface area (Å²) in [7, 11) is -2.91. The highest BCUT2D eigenvalue weighted by molar-refractivity contribution is 7.85. The third-order valence-electron chi connectivity index (χ3n) is 1.01. The van der Waals surface area contributed by atoms with Crippen LogP contribution >= 0.6 is 0 Å². The number of ether oxygens (including phenoxy) is 1. The van der Waals surface area contributed by atoms with Crippen molar-refractivity contribution in [1.29, 1.82) is 0 Å². The van der Waals surface area contributed by atoms with Crippen LogP contribution in [0.4, 0.5) is 0 Å². The third-order valence-corrected chi connectivity index (χ3v) is 1.74. The Morgan fingerprint density at radius 3 is 2.45 bits per heavy atom. The van der Waals surface area contributed by atoms with E-state index < -0.39 is 15.2 Å². The van der Waals surface area contributed by atoms with Gasteiger partial charge in [0.25, 0.3) is 5.95 Å². The lowest BCUT2D eigenvalue weighted by molar-refractivity contribution is 0.272. The number of hydrogen-bond acceptors (Lipinski definition) is 4. The predicted octanol–water partition coefficient (Wildman–Crippen LogP) is 0.535. The first-order chi connectivity index (χ1) is 5.04. The highest BCUT2D eigenvalue weighted by Crippen LogP contribution is 2.18. The highest BCUT2D eigenvalue weighted by atomic mass is 32.2. The maximum atomic E-state index is 10.4. The van der Waals surface area contributed by atoms with Gasteiger partial charge in [-0.1, -0.05) is 0 Å². The van der Waals surface area contributed by atoms with Gasteiger partial charge in [0.1, 0.15) is 0 Å². The Morgan fingerprint density at radius 2 is 2.18 bits per heavy atom. The molecule has 1 N–H and O–H groups in total. The van der Waals surface area contributed by atoms with Gasteiger partial charge in [-0.15, -0.1) is 0 Å². The molecule has 0 atom stereocenters. The molecular formula is C5H6O5S. The zero-order valence-corrected chi connectivity index (χ0v) is 6.46. The molecule has 0 aliphatic rings. The zero-order chi connectivity index (χ0) is 8.48. The summed E-state index contributed by atoms with van der Waals surface area (Å²) in [5, 5.41) is -0.519. The molecule has 1 aromatic heterocycles. The van der Waals surface area contributed by atoms with E-state index >= 15 is 0 Å². The van der Waals surface area contributed by atoms with Crippen LogP contribution in [0.15, 0.2) is 21.6 Å². The standard InChI is InChI=1S/C5H6O5S/c1-9-4-2-3-5(10-4)11(6,7)8/h2-3H,1H3,(H,6,7,8). The monoisotopic (exact) mass is 178 g/mol. The fourth-order valence-electron chi connectivity index (χ4n) is 0.552.